The first-order valence-electron chi connectivity index (χ1n) is 9.39. The zero-order valence-electron chi connectivity index (χ0n) is 15.1. The van der Waals surface area contributed by atoms with Crippen LogP contribution < -0.4 is 5.43 Å². The van der Waals surface area contributed by atoms with Gasteiger partial charge in [0.15, 0.2) is 0 Å². The second kappa shape index (κ2) is 7.97. The average Bonchev–Trinajstić information content (AvgIpc) is 3.02. The molecule has 1 N–H and O–H groups in total. The van der Waals surface area contributed by atoms with Gasteiger partial charge >= 0.3 is 0 Å². The Morgan fingerprint density at radius 2 is 1.89 bits per heavy atom. The minimum Gasteiger partial charge on any atom is -0.344 e. The van der Waals surface area contributed by atoms with Gasteiger partial charge in [-0.3, -0.25) is 4.79 Å². The lowest BCUT2D eigenvalue weighted by Gasteiger charge is -2.15. The van der Waals surface area contributed by atoms with E-state index in [1.807, 2.05) is 12.1 Å². The fraction of sp³-hybridized carbons (Fsp3) is 0.273. The van der Waals surface area contributed by atoms with E-state index in [4.69, 9.17) is 11.6 Å². The van der Waals surface area contributed by atoms with Crippen LogP contribution in [0.5, 0.6) is 0 Å². The molecule has 0 bridgehead atoms. The quantitative estimate of drug-likeness (QED) is 0.506. The van der Waals surface area contributed by atoms with Crippen LogP contribution in [-0.2, 0) is 24.2 Å². The number of halogens is 1. The summed E-state index contributed by atoms with van der Waals surface area (Å²) in [5.41, 5.74) is 7.63. The van der Waals surface area contributed by atoms with E-state index in [0.29, 0.717) is 18.0 Å². The fourth-order valence-corrected chi connectivity index (χ4v) is 3.97. The lowest BCUT2D eigenvalue weighted by atomic mass is 9.95. The van der Waals surface area contributed by atoms with Gasteiger partial charge in [-0.05, 0) is 55.0 Å². The summed E-state index contributed by atoms with van der Waals surface area (Å²) in [6.45, 7) is 0.679. The van der Waals surface area contributed by atoms with Crippen molar-refractivity contribution in [2.75, 3.05) is 0 Å². The second-order valence-corrected chi connectivity index (χ2v) is 7.33. The number of aromatic nitrogens is 1. The van der Waals surface area contributed by atoms with Crippen LogP contribution in [-0.4, -0.2) is 16.7 Å². The molecule has 1 aliphatic rings. The number of carbonyl (C=O) groups excluding carboxylic acids is 1. The highest BCUT2D eigenvalue weighted by atomic mass is 35.5. The number of hydrogen-bond donors (Lipinski definition) is 1. The van der Waals surface area contributed by atoms with Gasteiger partial charge in [0, 0.05) is 34.6 Å². The van der Waals surface area contributed by atoms with Crippen molar-refractivity contribution in [1.82, 2.24) is 9.99 Å². The number of hydrazone groups is 1. The number of carbonyl (C=O) groups is 1. The number of nitrogens with zero attached hydrogens (tertiary/aromatic N) is 2. The van der Waals surface area contributed by atoms with Crippen molar-refractivity contribution in [1.29, 1.82) is 0 Å². The molecule has 0 spiro atoms. The Bertz CT molecular complexity index is 989. The molecule has 0 unspecified atom stereocenters. The van der Waals surface area contributed by atoms with Gasteiger partial charge in [0.05, 0.1) is 6.21 Å². The third kappa shape index (κ3) is 3.91. The standard InChI is InChI=1S/C22H22ClN3O/c23-17-11-9-16(10-12-17)15-24-25-22(27)13-14-26-20-7-3-1-5-18(20)19-6-2-4-8-21(19)26/h1,3,5,7,9-12,15H,2,4,6,8,13-14H2,(H,25,27)/b24-15+. The van der Waals surface area contributed by atoms with E-state index in [0.717, 1.165) is 18.4 Å². The van der Waals surface area contributed by atoms with Crippen LogP contribution >= 0.6 is 11.6 Å². The summed E-state index contributed by atoms with van der Waals surface area (Å²) in [7, 11) is 0. The van der Waals surface area contributed by atoms with Crippen LogP contribution in [0.3, 0.4) is 0 Å². The van der Waals surface area contributed by atoms with E-state index in [9.17, 15) is 4.79 Å². The number of fused-ring (bicyclic) bond motifs is 3. The van der Waals surface area contributed by atoms with Gasteiger partial charge in [-0.15, -0.1) is 0 Å². The lowest BCUT2D eigenvalue weighted by molar-refractivity contribution is -0.121. The molecule has 0 saturated heterocycles. The van der Waals surface area contributed by atoms with Crippen molar-refractivity contribution < 1.29 is 4.79 Å². The summed E-state index contributed by atoms with van der Waals surface area (Å²) in [4.78, 5) is 12.2. The number of rotatable bonds is 5. The maximum Gasteiger partial charge on any atom is 0.241 e. The van der Waals surface area contributed by atoms with Crippen molar-refractivity contribution in [3.8, 4) is 0 Å². The highest BCUT2D eigenvalue weighted by molar-refractivity contribution is 6.30. The molecule has 4 rings (SSSR count). The molecule has 3 aromatic rings. The SMILES string of the molecule is O=C(CCn1c2c(c3ccccc31)CCCC2)N/N=C/c1ccc(Cl)cc1. The summed E-state index contributed by atoms with van der Waals surface area (Å²) >= 11 is 5.86. The lowest BCUT2D eigenvalue weighted by Crippen LogP contribution is -2.20. The molecule has 1 amide bonds. The van der Waals surface area contributed by atoms with Gasteiger partial charge in [-0.25, -0.2) is 5.43 Å². The second-order valence-electron chi connectivity index (χ2n) is 6.90. The third-order valence-corrected chi connectivity index (χ3v) is 5.37. The van der Waals surface area contributed by atoms with E-state index in [1.54, 1.807) is 18.3 Å². The Kier molecular flexibility index (Phi) is 5.26. The van der Waals surface area contributed by atoms with Crippen LogP contribution in [0, 0.1) is 0 Å². The maximum absolute atomic E-state index is 12.2. The van der Waals surface area contributed by atoms with Gasteiger partial charge in [0.1, 0.15) is 0 Å². The zero-order chi connectivity index (χ0) is 18.6. The summed E-state index contributed by atoms with van der Waals surface area (Å²) in [5.74, 6) is -0.0810. The number of para-hydroxylation sites is 1. The molecule has 27 heavy (non-hydrogen) atoms. The molecular weight excluding hydrogens is 358 g/mol. The van der Waals surface area contributed by atoms with E-state index in [1.165, 1.54) is 35.0 Å². The van der Waals surface area contributed by atoms with Crippen molar-refractivity contribution in [3.63, 3.8) is 0 Å². The molecule has 0 atom stereocenters. The van der Waals surface area contributed by atoms with Gasteiger partial charge in [-0.2, -0.15) is 5.10 Å². The predicted molar refractivity (Wildman–Crippen MR) is 110 cm³/mol. The molecular formula is C22H22ClN3O. The number of aryl methyl sites for hydroxylation is 2. The van der Waals surface area contributed by atoms with Crippen LogP contribution in [0.1, 0.15) is 36.1 Å². The molecule has 5 heteroatoms. The minimum atomic E-state index is -0.0810. The van der Waals surface area contributed by atoms with E-state index in [-0.39, 0.29) is 5.91 Å². The van der Waals surface area contributed by atoms with Crippen LogP contribution in [0.15, 0.2) is 53.6 Å². The molecule has 0 saturated carbocycles. The average molecular weight is 380 g/mol. The molecule has 1 aliphatic carbocycles. The molecule has 1 aromatic heterocycles. The van der Waals surface area contributed by atoms with Gasteiger partial charge in [0.2, 0.25) is 5.91 Å². The maximum atomic E-state index is 12.2. The van der Waals surface area contributed by atoms with Gasteiger partial charge < -0.3 is 4.57 Å². The number of benzene rings is 2. The Morgan fingerprint density at radius 3 is 2.74 bits per heavy atom. The first-order valence-corrected chi connectivity index (χ1v) is 9.76. The molecule has 0 radical (unpaired) electrons. The molecule has 2 aromatic carbocycles. The zero-order valence-corrected chi connectivity index (χ0v) is 15.9. The number of nitrogens with one attached hydrogen (secondary N) is 1. The van der Waals surface area contributed by atoms with Crippen LogP contribution in [0.25, 0.3) is 10.9 Å². The first-order chi connectivity index (χ1) is 13.2. The highest BCUT2D eigenvalue weighted by Gasteiger charge is 2.19. The van der Waals surface area contributed by atoms with Crippen molar-refractivity contribution >= 4 is 34.6 Å². The fourth-order valence-electron chi connectivity index (χ4n) is 3.84. The molecule has 0 fully saturated rings. The van der Waals surface area contributed by atoms with E-state index >= 15 is 0 Å². The van der Waals surface area contributed by atoms with Crippen molar-refractivity contribution in [2.24, 2.45) is 5.10 Å². The number of hydrogen-bond acceptors (Lipinski definition) is 2. The normalized spacial score (nSPS) is 13.8. The highest BCUT2D eigenvalue weighted by Crippen LogP contribution is 2.32. The van der Waals surface area contributed by atoms with Crippen LogP contribution in [0.2, 0.25) is 5.02 Å². The third-order valence-electron chi connectivity index (χ3n) is 5.12. The summed E-state index contributed by atoms with van der Waals surface area (Å²) in [5, 5.41) is 6.06. The molecule has 138 valence electrons. The van der Waals surface area contributed by atoms with E-state index in [2.05, 4.69) is 39.4 Å². The smallest absolute Gasteiger partial charge is 0.241 e. The summed E-state index contributed by atoms with van der Waals surface area (Å²) < 4.78 is 2.33. The monoisotopic (exact) mass is 379 g/mol. The topological polar surface area (TPSA) is 46.4 Å². The Labute approximate surface area is 163 Å². The molecule has 1 heterocycles. The first kappa shape index (κ1) is 17.8. The van der Waals surface area contributed by atoms with Crippen LogP contribution in [0.4, 0.5) is 0 Å². The summed E-state index contributed by atoms with van der Waals surface area (Å²) in [6, 6.07) is 15.8. The Balaban J connectivity index is 1.43. The van der Waals surface area contributed by atoms with Crippen molar-refractivity contribution in [2.45, 2.75) is 38.6 Å². The van der Waals surface area contributed by atoms with Gasteiger partial charge in [0.25, 0.3) is 0 Å². The largest absolute Gasteiger partial charge is 0.344 e. The molecule has 4 nitrogen and oxygen atoms in total. The molecule has 0 aliphatic heterocycles. The predicted octanol–water partition coefficient (Wildman–Crippen LogP) is 4.71. The van der Waals surface area contributed by atoms with Gasteiger partial charge in [-0.1, -0.05) is 41.9 Å². The summed E-state index contributed by atoms with van der Waals surface area (Å²) in [6.07, 6.45) is 6.74. The van der Waals surface area contributed by atoms with Crippen molar-refractivity contribution in [3.05, 3.63) is 70.4 Å². The Morgan fingerprint density at radius 1 is 1.11 bits per heavy atom. The van der Waals surface area contributed by atoms with E-state index < -0.39 is 0 Å². The minimum absolute atomic E-state index is 0.0810. The number of amides is 1. The Hall–Kier alpha value is -2.59.